The number of morpholine rings is 1. The number of piperidine rings is 1. The molecule has 4 heterocycles. The number of benzene rings is 1. The van der Waals surface area contributed by atoms with Crippen molar-refractivity contribution in [1.82, 2.24) is 19.5 Å². The Morgan fingerprint density at radius 3 is 2.86 bits per heavy atom. The number of aryl methyl sites for hydroxylation is 1. The Hall–Kier alpha value is -2.44. The summed E-state index contributed by atoms with van der Waals surface area (Å²) in [6, 6.07) is 13.1. The molecule has 0 amide bonds. The van der Waals surface area contributed by atoms with Gasteiger partial charge in [-0.15, -0.1) is 0 Å². The van der Waals surface area contributed by atoms with Crippen molar-refractivity contribution in [3.8, 4) is 0 Å². The largest absolute Gasteiger partial charge is 0.378 e. The molecule has 152 valence electrons. The van der Waals surface area contributed by atoms with E-state index < -0.39 is 0 Å². The van der Waals surface area contributed by atoms with Crippen LogP contribution in [0.3, 0.4) is 0 Å². The summed E-state index contributed by atoms with van der Waals surface area (Å²) in [6.07, 6.45) is 4.48. The second-order valence-electron chi connectivity index (χ2n) is 8.32. The van der Waals surface area contributed by atoms with E-state index in [-0.39, 0.29) is 0 Å². The number of pyridine rings is 1. The van der Waals surface area contributed by atoms with Crippen LogP contribution in [0.25, 0.3) is 5.65 Å². The van der Waals surface area contributed by atoms with Gasteiger partial charge in [-0.2, -0.15) is 5.10 Å². The Balaban J connectivity index is 1.31. The van der Waals surface area contributed by atoms with Crippen LogP contribution in [-0.2, 0) is 11.3 Å². The first-order valence-corrected chi connectivity index (χ1v) is 10.7. The monoisotopic (exact) mass is 391 g/mol. The zero-order valence-electron chi connectivity index (χ0n) is 17.1. The summed E-state index contributed by atoms with van der Waals surface area (Å²) in [5, 5.41) is 4.87. The minimum Gasteiger partial charge on any atom is -0.378 e. The molecule has 1 atom stereocenters. The highest BCUT2D eigenvalue weighted by molar-refractivity contribution is 5.51. The number of anilines is 1. The van der Waals surface area contributed by atoms with Crippen molar-refractivity contribution >= 4 is 11.3 Å². The van der Waals surface area contributed by atoms with Crippen LogP contribution in [0.5, 0.6) is 0 Å². The van der Waals surface area contributed by atoms with E-state index in [0.717, 1.165) is 63.8 Å². The Bertz CT molecular complexity index is 978. The lowest BCUT2D eigenvalue weighted by atomic mass is 9.97. The van der Waals surface area contributed by atoms with E-state index in [1.165, 1.54) is 23.2 Å². The lowest BCUT2D eigenvalue weighted by molar-refractivity contribution is 0.122. The average molecular weight is 392 g/mol. The lowest BCUT2D eigenvalue weighted by Crippen LogP contribution is -2.36. The maximum atomic E-state index is 5.47. The number of hydrogen-bond acceptors (Lipinski definition) is 5. The molecular formula is C23H29N5O. The van der Waals surface area contributed by atoms with Gasteiger partial charge in [-0.3, -0.25) is 4.90 Å². The highest BCUT2D eigenvalue weighted by atomic mass is 16.5. The van der Waals surface area contributed by atoms with Gasteiger partial charge in [-0.1, -0.05) is 29.8 Å². The normalized spacial score (nSPS) is 21.0. The quantitative estimate of drug-likeness (QED) is 0.683. The van der Waals surface area contributed by atoms with Crippen LogP contribution in [0.2, 0.25) is 0 Å². The fourth-order valence-electron chi connectivity index (χ4n) is 4.55. The summed E-state index contributed by atoms with van der Waals surface area (Å²) in [5.41, 5.74) is 4.85. The summed E-state index contributed by atoms with van der Waals surface area (Å²) in [5.74, 6) is 1.39. The number of aromatic nitrogens is 3. The van der Waals surface area contributed by atoms with E-state index in [2.05, 4.69) is 59.3 Å². The highest BCUT2D eigenvalue weighted by Gasteiger charge is 2.25. The second-order valence-corrected chi connectivity index (χ2v) is 8.32. The van der Waals surface area contributed by atoms with Crippen molar-refractivity contribution in [2.75, 3.05) is 44.3 Å². The molecule has 0 spiro atoms. The van der Waals surface area contributed by atoms with Crippen molar-refractivity contribution in [3.05, 3.63) is 59.5 Å². The molecule has 0 unspecified atom stereocenters. The first-order valence-electron chi connectivity index (χ1n) is 10.7. The molecule has 0 saturated carbocycles. The van der Waals surface area contributed by atoms with Crippen molar-refractivity contribution in [2.45, 2.75) is 32.2 Å². The topological polar surface area (TPSA) is 45.9 Å². The first-order chi connectivity index (χ1) is 14.2. The molecule has 2 aromatic heterocycles. The zero-order valence-corrected chi connectivity index (χ0v) is 17.1. The Morgan fingerprint density at radius 1 is 1.10 bits per heavy atom. The SMILES string of the molecule is Cc1cccc(CN2CCC[C@@H](c3nc4ccc(N5CCOCC5)cn4n3)C2)c1. The van der Waals surface area contributed by atoms with E-state index in [1.54, 1.807) is 0 Å². The number of hydrogen-bond donors (Lipinski definition) is 0. The standard InChI is InChI=1S/C23H29N5O/c1-18-4-2-5-19(14-18)15-26-9-3-6-20(16-26)23-24-22-8-7-21(17-28(22)25-23)27-10-12-29-13-11-27/h2,4-5,7-8,14,17,20H,3,6,9-13,15-16H2,1H3/t20-/m1/s1. The smallest absolute Gasteiger partial charge is 0.156 e. The van der Waals surface area contributed by atoms with Crippen LogP contribution < -0.4 is 4.90 Å². The number of nitrogens with zero attached hydrogens (tertiary/aromatic N) is 5. The zero-order chi connectivity index (χ0) is 19.6. The van der Waals surface area contributed by atoms with Crippen molar-refractivity contribution in [3.63, 3.8) is 0 Å². The summed E-state index contributed by atoms with van der Waals surface area (Å²) in [4.78, 5) is 9.77. The predicted molar refractivity (Wildman–Crippen MR) is 114 cm³/mol. The molecule has 0 aliphatic carbocycles. The van der Waals surface area contributed by atoms with Crippen LogP contribution in [-0.4, -0.2) is 58.9 Å². The summed E-state index contributed by atoms with van der Waals surface area (Å²) < 4.78 is 7.43. The fourth-order valence-corrected chi connectivity index (χ4v) is 4.55. The molecule has 2 fully saturated rings. The van der Waals surface area contributed by atoms with Crippen LogP contribution in [0.1, 0.15) is 35.7 Å². The minimum atomic E-state index is 0.403. The van der Waals surface area contributed by atoms with E-state index in [9.17, 15) is 0 Å². The minimum absolute atomic E-state index is 0.403. The Labute approximate surface area is 172 Å². The average Bonchev–Trinajstić information content (AvgIpc) is 3.18. The van der Waals surface area contributed by atoms with Crippen LogP contribution in [0, 0.1) is 6.92 Å². The molecule has 6 heteroatoms. The van der Waals surface area contributed by atoms with Crippen LogP contribution in [0.4, 0.5) is 5.69 Å². The van der Waals surface area contributed by atoms with E-state index in [4.69, 9.17) is 14.8 Å². The van der Waals surface area contributed by atoms with Gasteiger partial charge in [0, 0.05) is 32.1 Å². The molecular weight excluding hydrogens is 362 g/mol. The van der Waals surface area contributed by atoms with Gasteiger partial charge in [0.15, 0.2) is 11.5 Å². The maximum Gasteiger partial charge on any atom is 0.156 e. The van der Waals surface area contributed by atoms with Crippen LogP contribution in [0.15, 0.2) is 42.6 Å². The third-order valence-corrected chi connectivity index (χ3v) is 6.07. The maximum absolute atomic E-state index is 5.47. The van der Waals surface area contributed by atoms with E-state index in [0.29, 0.717) is 5.92 Å². The van der Waals surface area contributed by atoms with Crippen molar-refractivity contribution in [1.29, 1.82) is 0 Å². The van der Waals surface area contributed by atoms with Gasteiger partial charge >= 0.3 is 0 Å². The molecule has 0 bridgehead atoms. The Kier molecular flexibility index (Phi) is 5.21. The third kappa shape index (κ3) is 4.14. The molecule has 6 nitrogen and oxygen atoms in total. The fraction of sp³-hybridized carbons (Fsp3) is 0.478. The third-order valence-electron chi connectivity index (χ3n) is 6.07. The molecule has 3 aromatic rings. The highest BCUT2D eigenvalue weighted by Crippen LogP contribution is 2.27. The van der Waals surface area contributed by atoms with Crippen molar-refractivity contribution < 1.29 is 4.74 Å². The first kappa shape index (κ1) is 18.6. The van der Waals surface area contributed by atoms with Gasteiger partial charge in [0.05, 0.1) is 25.1 Å². The molecule has 2 saturated heterocycles. The molecule has 2 aliphatic heterocycles. The van der Waals surface area contributed by atoms with Gasteiger partial charge in [-0.05, 0) is 44.0 Å². The molecule has 1 aromatic carbocycles. The molecule has 5 rings (SSSR count). The molecule has 0 radical (unpaired) electrons. The van der Waals surface area contributed by atoms with Gasteiger partial charge in [-0.25, -0.2) is 9.50 Å². The van der Waals surface area contributed by atoms with Gasteiger partial charge in [0.1, 0.15) is 0 Å². The molecule has 29 heavy (non-hydrogen) atoms. The summed E-state index contributed by atoms with van der Waals surface area (Å²) in [7, 11) is 0. The van der Waals surface area contributed by atoms with E-state index in [1.807, 2.05) is 4.52 Å². The molecule has 0 N–H and O–H groups in total. The van der Waals surface area contributed by atoms with Gasteiger partial charge < -0.3 is 9.64 Å². The van der Waals surface area contributed by atoms with Crippen molar-refractivity contribution in [2.24, 2.45) is 0 Å². The number of ether oxygens (including phenoxy) is 1. The number of fused-ring (bicyclic) bond motifs is 1. The lowest BCUT2D eigenvalue weighted by Gasteiger charge is -2.31. The summed E-state index contributed by atoms with van der Waals surface area (Å²) in [6.45, 7) is 8.80. The predicted octanol–water partition coefficient (Wildman–Crippen LogP) is 3.25. The van der Waals surface area contributed by atoms with Crippen LogP contribution >= 0.6 is 0 Å². The second kappa shape index (κ2) is 8.13. The van der Waals surface area contributed by atoms with E-state index >= 15 is 0 Å². The number of rotatable bonds is 4. The Morgan fingerprint density at radius 2 is 2.00 bits per heavy atom. The number of likely N-dealkylation sites (tertiary alicyclic amines) is 1. The van der Waals surface area contributed by atoms with Gasteiger partial charge in [0.2, 0.25) is 0 Å². The summed E-state index contributed by atoms with van der Waals surface area (Å²) >= 11 is 0. The van der Waals surface area contributed by atoms with Gasteiger partial charge in [0.25, 0.3) is 0 Å². The molecule has 2 aliphatic rings.